The van der Waals surface area contributed by atoms with E-state index in [-0.39, 0.29) is 0 Å². The van der Waals surface area contributed by atoms with Gasteiger partial charge in [-0.15, -0.1) is 5.92 Å². The Morgan fingerprint density at radius 3 is 3.00 bits per heavy atom. The monoisotopic (exact) mass is 200 g/mol. The second kappa shape index (κ2) is 4.46. The standard InChI is InChI=1S/C13H16N2/c1-3-5-11-8-12(10-14-9-11)13-6-4-7-15(13)2/h8-10,13H,4,6-7H2,1-2H3. The molecule has 0 aliphatic carbocycles. The van der Waals surface area contributed by atoms with Crippen LogP contribution >= 0.6 is 0 Å². The molecule has 1 fully saturated rings. The summed E-state index contributed by atoms with van der Waals surface area (Å²) in [6.07, 6.45) is 6.31. The fraction of sp³-hybridized carbons (Fsp3) is 0.462. The lowest BCUT2D eigenvalue weighted by atomic mass is 10.1. The molecule has 0 bridgehead atoms. The van der Waals surface area contributed by atoms with Gasteiger partial charge in [-0.2, -0.15) is 0 Å². The highest BCUT2D eigenvalue weighted by Gasteiger charge is 2.22. The Kier molecular flexibility index (Phi) is 3.03. The molecule has 15 heavy (non-hydrogen) atoms. The summed E-state index contributed by atoms with van der Waals surface area (Å²) >= 11 is 0. The molecule has 0 aromatic carbocycles. The molecule has 0 amide bonds. The van der Waals surface area contributed by atoms with Crippen molar-refractivity contribution in [2.75, 3.05) is 13.6 Å². The Hall–Kier alpha value is -1.33. The third kappa shape index (κ3) is 2.19. The van der Waals surface area contributed by atoms with Crippen LogP contribution in [0.25, 0.3) is 0 Å². The molecule has 2 rings (SSSR count). The third-order valence-corrected chi connectivity index (χ3v) is 2.93. The highest BCUT2D eigenvalue weighted by atomic mass is 15.1. The smallest absolute Gasteiger partial charge is 0.0431 e. The minimum atomic E-state index is 0.538. The summed E-state index contributed by atoms with van der Waals surface area (Å²) in [4.78, 5) is 6.64. The predicted octanol–water partition coefficient (Wildman–Crippen LogP) is 2.22. The maximum Gasteiger partial charge on any atom is 0.0431 e. The zero-order chi connectivity index (χ0) is 10.7. The zero-order valence-corrected chi connectivity index (χ0v) is 9.33. The minimum absolute atomic E-state index is 0.538. The van der Waals surface area contributed by atoms with Gasteiger partial charge < -0.3 is 0 Å². The fourth-order valence-electron chi connectivity index (χ4n) is 2.18. The van der Waals surface area contributed by atoms with Crippen LogP contribution in [0.4, 0.5) is 0 Å². The molecule has 1 saturated heterocycles. The summed E-state index contributed by atoms with van der Waals surface area (Å²) < 4.78 is 0. The Labute approximate surface area is 91.3 Å². The number of pyridine rings is 1. The van der Waals surface area contributed by atoms with Crippen molar-refractivity contribution in [2.24, 2.45) is 0 Å². The number of likely N-dealkylation sites (tertiary alicyclic amines) is 1. The van der Waals surface area contributed by atoms with Gasteiger partial charge in [0, 0.05) is 24.0 Å². The van der Waals surface area contributed by atoms with E-state index in [1.165, 1.54) is 24.9 Å². The van der Waals surface area contributed by atoms with Crippen LogP contribution in [0, 0.1) is 11.8 Å². The molecule has 2 heteroatoms. The van der Waals surface area contributed by atoms with E-state index in [0.717, 1.165) is 5.56 Å². The van der Waals surface area contributed by atoms with Crippen LogP contribution in [0.3, 0.4) is 0 Å². The summed E-state index contributed by atoms with van der Waals surface area (Å²) in [7, 11) is 2.18. The Morgan fingerprint density at radius 2 is 2.33 bits per heavy atom. The van der Waals surface area contributed by atoms with Crippen molar-refractivity contribution in [3.8, 4) is 11.8 Å². The van der Waals surface area contributed by atoms with Crippen LogP contribution in [0.5, 0.6) is 0 Å². The lowest BCUT2D eigenvalue weighted by Gasteiger charge is -2.19. The van der Waals surface area contributed by atoms with Gasteiger partial charge in [-0.05, 0) is 45.0 Å². The SMILES string of the molecule is CC#Cc1cncc(C2CCCN2C)c1. The van der Waals surface area contributed by atoms with E-state index in [9.17, 15) is 0 Å². The first-order valence-corrected chi connectivity index (χ1v) is 5.39. The lowest BCUT2D eigenvalue weighted by molar-refractivity contribution is 0.317. The first kappa shape index (κ1) is 10.2. The van der Waals surface area contributed by atoms with E-state index in [1.807, 2.05) is 19.3 Å². The largest absolute Gasteiger partial charge is 0.299 e. The zero-order valence-electron chi connectivity index (χ0n) is 9.33. The minimum Gasteiger partial charge on any atom is -0.299 e. The lowest BCUT2D eigenvalue weighted by Crippen LogP contribution is -2.17. The second-order valence-electron chi connectivity index (χ2n) is 4.02. The van der Waals surface area contributed by atoms with Gasteiger partial charge in [0.15, 0.2) is 0 Å². The first-order valence-electron chi connectivity index (χ1n) is 5.39. The van der Waals surface area contributed by atoms with Gasteiger partial charge in [0.1, 0.15) is 0 Å². The highest BCUT2D eigenvalue weighted by molar-refractivity contribution is 5.35. The molecule has 1 aliphatic rings. The highest BCUT2D eigenvalue weighted by Crippen LogP contribution is 2.29. The molecular formula is C13H16N2. The van der Waals surface area contributed by atoms with Gasteiger partial charge >= 0.3 is 0 Å². The van der Waals surface area contributed by atoms with E-state index in [1.54, 1.807) is 0 Å². The van der Waals surface area contributed by atoms with Gasteiger partial charge in [-0.25, -0.2) is 0 Å². The van der Waals surface area contributed by atoms with E-state index in [0.29, 0.717) is 6.04 Å². The topological polar surface area (TPSA) is 16.1 Å². The van der Waals surface area contributed by atoms with Gasteiger partial charge in [0.25, 0.3) is 0 Å². The normalized spacial score (nSPS) is 21.1. The van der Waals surface area contributed by atoms with Crippen molar-refractivity contribution in [2.45, 2.75) is 25.8 Å². The van der Waals surface area contributed by atoms with Crippen molar-refractivity contribution in [1.29, 1.82) is 0 Å². The van der Waals surface area contributed by atoms with E-state index in [2.05, 4.69) is 34.8 Å². The Morgan fingerprint density at radius 1 is 1.47 bits per heavy atom. The van der Waals surface area contributed by atoms with E-state index >= 15 is 0 Å². The average Bonchev–Trinajstić information content (AvgIpc) is 2.65. The summed E-state index contributed by atoms with van der Waals surface area (Å²) in [6.45, 7) is 3.04. The van der Waals surface area contributed by atoms with Crippen LogP contribution in [-0.2, 0) is 0 Å². The molecule has 0 N–H and O–H groups in total. The van der Waals surface area contributed by atoms with Crippen LogP contribution in [0.1, 0.15) is 36.9 Å². The third-order valence-electron chi connectivity index (χ3n) is 2.93. The summed E-state index contributed by atoms with van der Waals surface area (Å²) in [5.41, 5.74) is 2.32. The molecule has 1 aliphatic heterocycles. The Bertz CT molecular complexity index is 400. The fourth-order valence-corrected chi connectivity index (χ4v) is 2.18. The van der Waals surface area contributed by atoms with Crippen molar-refractivity contribution in [3.05, 3.63) is 29.6 Å². The van der Waals surface area contributed by atoms with Crippen molar-refractivity contribution in [1.82, 2.24) is 9.88 Å². The van der Waals surface area contributed by atoms with E-state index in [4.69, 9.17) is 0 Å². The predicted molar refractivity (Wildman–Crippen MR) is 61.4 cm³/mol. The Balaban J connectivity index is 2.26. The molecule has 1 aromatic rings. The second-order valence-corrected chi connectivity index (χ2v) is 4.02. The molecule has 0 saturated carbocycles. The molecule has 78 valence electrons. The van der Waals surface area contributed by atoms with E-state index < -0.39 is 0 Å². The van der Waals surface area contributed by atoms with Crippen LogP contribution in [0.15, 0.2) is 18.5 Å². The van der Waals surface area contributed by atoms with Gasteiger partial charge in [-0.3, -0.25) is 9.88 Å². The molecule has 1 unspecified atom stereocenters. The van der Waals surface area contributed by atoms with Crippen molar-refractivity contribution in [3.63, 3.8) is 0 Å². The number of hydrogen-bond acceptors (Lipinski definition) is 2. The van der Waals surface area contributed by atoms with Crippen LogP contribution in [0.2, 0.25) is 0 Å². The summed E-state index contributed by atoms with van der Waals surface area (Å²) in [5, 5.41) is 0. The van der Waals surface area contributed by atoms with Crippen LogP contribution in [-0.4, -0.2) is 23.5 Å². The number of rotatable bonds is 1. The number of nitrogens with zero attached hydrogens (tertiary/aromatic N) is 2. The maximum atomic E-state index is 4.25. The molecule has 1 atom stereocenters. The van der Waals surface area contributed by atoms with Gasteiger partial charge in [-0.1, -0.05) is 5.92 Å². The van der Waals surface area contributed by atoms with Gasteiger partial charge in [0.05, 0.1) is 0 Å². The molecule has 2 heterocycles. The molecular weight excluding hydrogens is 184 g/mol. The van der Waals surface area contributed by atoms with Gasteiger partial charge in [0.2, 0.25) is 0 Å². The quantitative estimate of drug-likeness (QED) is 0.646. The number of hydrogen-bond donors (Lipinski definition) is 0. The average molecular weight is 200 g/mol. The van der Waals surface area contributed by atoms with Crippen molar-refractivity contribution >= 4 is 0 Å². The number of aromatic nitrogens is 1. The molecule has 1 aromatic heterocycles. The molecule has 0 spiro atoms. The summed E-state index contributed by atoms with van der Waals surface area (Å²) in [6, 6.07) is 2.70. The summed E-state index contributed by atoms with van der Waals surface area (Å²) in [5.74, 6) is 5.96. The maximum absolute atomic E-state index is 4.25. The molecule has 2 nitrogen and oxygen atoms in total. The molecule has 0 radical (unpaired) electrons. The van der Waals surface area contributed by atoms with Crippen molar-refractivity contribution < 1.29 is 0 Å². The first-order chi connectivity index (χ1) is 7.31. The van der Waals surface area contributed by atoms with Crippen LogP contribution < -0.4 is 0 Å².